The molecule has 0 bridgehead atoms. The van der Waals surface area contributed by atoms with E-state index in [4.69, 9.17) is 4.74 Å². The highest BCUT2D eigenvalue weighted by Gasteiger charge is 2.53. The monoisotopic (exact) mass is 418 g/mol. The van der Waals surface area contributed by atoms with E-state index >= 15 is 0 Å². The van der Waals surface area contributed by atoms with Crippen molar-refractivity contribution in [3.8, 4) is 5.75 Å². The Hall–Kier alpha value is -3.67. The number of amides is 3. The number of aryl methyl sites for hydroxylation is 2. The van der Waals surface area contributed by atoms with E-state index in [0.29, 0.717) is 16.9 Å². The highest BCUT2D eigenvalue weighted by molar-refractivity contribution is 6.09. The first kappa shape index (κ1) is 20.6. The molecule has 3 amide bonds. The highest BCUT2D eigenvalue weighted by atomic mass is 19.1. The number of hydrogen-bond donors (Lipinski definition) is 1. The molecule has 31 heavy (non-hydrogen) atoms. The second-order valence-corrected chi connectivity index (χ2v) is 7.60. The summed E-state index contributed by atoms with van der Waals surface area (Å²) in [6, 6.07) is 20.1. The van der Waals surface area contributed by atoms with Crippen molar-refractivity contribution in [2.45, 2.75) is 19.4 Å². The summed E-state index contributed by atoms with van der Waals surface area (Å²) in [5, 5.41) is 2.93. The fourth-order valence-electron chi connectivity index (χ4n) is 3.79. The van der Waals surface area contributed by atoms with Gasteiger partial charge in [-0.2, -0.15) is 0 Å². The van der Waals surface area contributed by atoms with Crippen LogP contribution in [0.4, 0.5) is 9.18 Å². The standard InChI is InChI=1S/C25H23FN2O3/c1-17-8-9-20(16-18(17)2)25(19-6-4-3-5-7-19)23(29)28(24(30)27-25)14-15-31-22-12-10-21(26)11-13-22/h3-13,16H,14-15H2,1-2H3,(H,27,30)/t25-/m1/s1. The van der Waals surface area contributed by atoms with E-state index in [0.717, 1.165) is 11.1 Å². The molecule has 1 fully saturated rings. The molecule has 0 aliphatic carbocycles. The van der Waals surface area contributed by atoms with E-state index in [1.165, 1.54) is 29.2 Å². The minimum Gasteiger partial charge on any atom is -0.492 e. The predicted octanol–water partition coefficient (Wildman–Crippen LogP) is 4.32. The molecule has 1 heterocycles. The van der Waals surface area contributed by atoms with Crippen LogP contribution in [0.15, 0.2) is 72.8 Å². The molecule has 0 aromatic heterocycles. The van der Waals surface area contributed by atoms with Gasteiger partial charge in [-0.1, -0.05) is 48.5 Å². The number of halogens is 1. The van der Waals surface area contributed by atoms with Gasteiger partial charge in [0.25, 0.3) is 5.91 Å². The largest absolute Gasteiger partial charge is 0.492 e. The number of rotatable bonds is 6. The summed E-state index contributed by atoms with van der Waals surface area (Å²) in [6.45, 7) is 4.15. The first-order valence-electron chi connectivity index (χ1n) is 10.1. The lowest BCUT2D eigenvalue weighted by Gasteiger charge is -2.28. The molecular weight excluding hydrogens is 395 g/mol. The second kappa shape index (κ2) is 8.22. The number of hydrogen-bond acceptors (Lipinski definition) is 3. The number of carbonyl (C=O) groups is 2. The maximum Gasteiger partial charge on any atom is 0.325 e. The summed E-state index contributed by atoms with van der Waals surface area (Å²) in [7, 11) is 0. The van der Waals surface area contributed by atoms with Crippen molar-refractivity contribution in [2.75, 3.05) is 13.2 Å². The van der Waals surface area contributed by atoms with Crippen LogP contribution in [0.5, 0.6) is 5.75 Å². The number of benzene rings is 3. The Morgan fingerprint density at radius 3 is 2.29 bits per heavy atom. The summed E-state index contributed by atoms with van der Waals surface area (Å²) in [5.41, 5.74) is 2.24. The fraction of sp³-hybridized carbons (Fsp3) is 0.200. The predicted molar refractivity (Wildman–Crippen MR) is 115 cm³/mol. The van der Waals surface area contributed by atoms with Gasteiger partial charge in [0.05, 0.1) is 6.54 Å². The maximum absolute atomic E-state index is 13.7. The summed E-state index contributed by atoms with van der Waals surface area (Å²) < 4.78 is 18.7. The minimum atomic E-state index is -1.30. The molecule has 1 aliphatic heterocycles. The van der Waals surface area contributed by atoms with Crippen LogP contribution in [0.3, 0.4) is 0 Å². The molecule has 158 valence electrons. The van der Waals surface area contributed by atoms with Crippen LogP contribution in [0, 0.1) is 19.7 Å². The number of nitrogens with zero attached hydrogens (tertiary/aromatic N) is 1. The van der Waals surface area contributed by atoms with E-state index in [9.17, 15) is 14.0 Å². The van der Waals surface area contributed by atoms with Crippen LogP contribution in [0.2, 0.25) is 0 Å². The number of carbonyl (C=O) groups excluding carboxylic acids is 2. The van der Waals surface area contributed by atoms with Crippen molar-refractivity contribution in [1.29, 1.82) is 0 Å². The summed E-state index contributed by atoms with van der Waals surface area (Å²) in [4.78, 5) is 27.7. The van der Waals surface area contributed by atoms with Crippen LogP contribution in [-0.2, 0) is 10.3 Å². The van der Waals surface area contributed by atoms with Gasteiger partial charge in [-0.25, -0.2) is 9.18 Å². The average molecular weight is 418 g/mol. The van der Waals surface area contributed by atoms with Gasteiger partial charge in [0.1, 0.15) is 18.2 Å². The average Bonchev–Trinajstić information content (AvgIpc) is 3.03. The summed E-state index contributed by atoms with van der Waals surface area (Å²) in [6.07, 6.45) is 0. The normalized spacial score (nSPS) is 18.2. The van der Waals surface area contributed by atoms with Crippen molar-refractivity contribution in [1.82, 2.24) is 10.2 Å². The van der Waals surface area contributed by atoms with Gasteiger partial charge in [-0.3, -0.25) is 9.69 Å². The zero-order valence-electron chi connectivity index (χ0n) is 17.4. The number of urea groups is 1. The van der Waals surface area contributed by atoms with Gasteiger partial charge in [0.2, 0.25) is 0 Å². The van der Waals surface area contributed by atoms with Gasteiger partial charge < -0.3 is 10.1 Å². The van der Waals surface area contributed by atoms with E-state index < -0.39 is 11.6 Å². The van der Waals surface area contributed by atoms with Crippen LogP contribution in [-0.4, -0.2) is 30.0 Å². The fourth-order valence-corrected chi connectivity index (χ4v) is 3.79. The van der Waals surface area contributed by atoms with Crippen LogP contribution in [0.1, 0.15) is 22.3 Å². The Labute approximate surface area is 180 Å². The molecule has 3 aromatic carbocycles. The lowest BCUT2D eigenvalue weighted by Crippen LogP contribution is -2.45. The minimum absolute atomic E-state index is 0.0709. The SMILES string of the molecule is Cc1ccc([C@@]2(c3ccccc3)NC(=O)N(CCOc3ccc(F)cc3)C2=O)cc1C. The number of nitrogens with one attached hydrogen (secondary N) is 1. The highest BCUT2D eigenvalue weighted by Crippen LogP contribution is 2.36. The molecule has 0 saturated carbocycles. The zero-order chi connectivity index (χ0) is 22.0. The molecule has 5 nitrogen and oxygen atoms in total. The van der Waals surface area contributed by atoms with Crippen molar-refractivity contribution in [3.05, 3.63) is 101 Å². The third-order valence-electron chi connectivity index (χ3n) is 5.65. The third kappa shape index (κ3) is 3.77. The molecule has 6 heteroatoms. The van der Waals surface area contributed by atoms with Gasteiger partial charge in [-0.05, 0) is 60.4 Å². The topological polar surface area (TPSA) is 58.6 Å². The molecule has 0 spiro atoms. The van der Waals surface area contributed by atoms with E-state index in [2.05, 4.69) is 5.32 Å². The Bertz CT molecular complexity index is 1120. The van der Waals surface area contributed by atoms with E-state index in [1.54, 1.807) is 0 Å². The van der Waals surface area contributed by atoms with Crippen LogP contribution in [0.25, 0.3) is 0 Å². The Morgan fingerprint density at radius 2 is 1.61 bits per heavy atom. The number of imide groups is 1. The lowest BCUT2D eigenvalue weighted by molar-refractivity contribution is -0.130. The third-order valence-corrected chi connectivity index (χ3v) is 5.65. The lowest BCUT2D eigenvalue weighted by atomic mass is 9.81. The molecule has 1 atom stereocenters. The molecule has 4 rings (SSSR count). The quantitative estimate of drug-likeness (QED) is 0.607. The van der Waals surface area contributed by atoms with E-state index in [-0.39, 0.29) is 24.9 Å². The molecule has 3 aromatic rings. The van der Waals surface area contributed by atoms with Crippen molar-refractivity contribution in [2.24, 2.45) is 0 Å². The first-order chi connectivity index (χ1) is 14.9. The summed E-state index contributed by atoms with van der Waals surface area (Å²) in [5.74, 6) is -0.242. The van der Waals surface area contributed by atoms with Crippen LogP contribution < -0.4 is 10.1 Å². The molecular formula is C25H23FN2O3. The van der Waals surface area contributed by atoms with E-state index in [1.807, 2.05) is 62.4 Å². The second-order valence-electron chi connectivity index (χ2n) is 7.60. The van der Waals surface area contributed by atoms with Crippen molar-refractivity contribution in [3.63, 3.8) is 0 Å². The van der Waals surface area contributed by atoms with Crippen molar-refractivity contribution >= 4 is 11.9 Å². The van der Waals surface area contributed by atoms with Crippen LogP contribution >= 0.6 is 0 Å². The molecule has 1 aliphatic rings. The Kier molecular flexibility index (Phi) is 5.46. The Morgan fingerprint density at radius 1 is 0.903 bits per heavy atom. The van der Waals surface area contributed by atoms with Crippen molar-refractivity contribution < 1.29 is 18.7 Å². The number of ether oxygens (including phenoxy) is 1. The Balaban J connectivity index is 1.63. The molecule has 1 saturated heterocycles. The molecule has 0 radical (unpaired) electrons. The molecule has 0 unspecified atom stereocenters. The summed E-state index contributed by atoms with van der Waals surface area (Å²) >= 11 is 0. The maximum atomic E-state index is 13.7. The zero-order valence-corrected chi connectivity index (χ0v) is 17.4. The van der Waals surface area contributed by atoms with Gasteiger partial charge in [-0.15, -0.1) is 0 Å². The first-order valence-corrected chi connectivity index (χ1v) is 10.1. The smallest absolute Gasteiger partial charge is 0.325 e. The molecule has 1 N–H and O–H groups in total. The van der Waals surface area contributed by atoms with Gasteiger partial charge >= 0.3 is 6.03 Å². The van der Waals surface area contributed by atoms with Gasteiger partial charge in [0.15, 0.2) is 5.54 Å². The van der Waals surface area contributed by atoms with Gasteiger partial charge in [0, 0.05) is 0 Å².